The summed E-state index contributed by atoms with van der Waals surface area (Å²) in [5.41, 5.74) is 2.67. The van der Waals surface area contributed by atoms with Crippen molar-refractivity contribution in [3.8, 4) is 0 Å². The van der Waals surface area contributed by atoms with Crippen LogP contribution in [-0.2, 0) is 22.6 Å². The number of carboxylic acid groups (broad SMARTS) is 1. The summed E-state index contributed by atoms with van der Waals surface area (Å²) < 4.78 is 0. The summed E-state index contributed by atoms with van der Waals surface area (Å²) >= 11 is 0. The Balaban J connectivity index is 1.43. The van der Waals surface area contributed by atoms with Gasteiger partial charge in [0.1, 0.15) is 12.1 Å². The molecule has 3 aliphatic rings. The molecule has 5 rings (SSSR count). The maximum absolute atomic E-state index is 13.1. The monoisotopic (exact) mass is 419 g/mol. The van der Waals surface area contributed by atoms with Gasteiger partial charge in [-0.1, -0.05) is 30.3 Å². The van der Waals surface area contributed by atoms with Gasteiger partial charge in [-0.25, -0.2) is 14.5 Å². The van der Waals surface area contributed by atoms with Crippen LogP contribution in [-0.4, -0.2) is 57.3 Å². The number of rotatable bonds is 3. The number of benzene rings is 2. The van der Waals surface area contributed by atoms with Gasteiger partial charge in [0, 0.05) is 25.1 Å². The average Bonchev–Trinajstić information content (AvgIpc) is 3.36. The third kappa shape index (κ3) is 3.06. The first kappa shape index (κ1) is 19.3. The molecule has 3 aliphatic heterocycles. The number of carbonyl (C=O) groups is 4. The van der Waals surface area contributed by atoms with Gasteiger partial charge in [-0.05, 0) is 42.2 Å². The molecule has 2 fully saturated rings. The normalized spacial score (nSPS) is 22.5. The SMILES string of the molecule is O=C(O)[C@@H]1CCCN1C(=O)c1cccc(N2C(=O)[C@@H]3Cc4ccccc4CN3C2=O)c1. The molecule has 31 heavy (non-hydrogen) atoms. The number of fused-ring (bicyclic) bond motifs is 2. The first-order valence-electron chi connectivity index (χ1n) is 10.3. The van der Waals surface area contributed by atoms with Crippen LogP contribution >= 0.6 is 0 Å². The van der Waals surface area contributed by atoms with Crippen LogP contribution in [0.5, 0.6) is 0 Å². The van der Waals surface area contributed by atoms with Crippen molar-refractivity contribution in [1.29, 1.82) is 0 Å². The highest BCUT2D eigenvalue weighted by atomic mass is 16.4. The van der Waals surface area contributed by atoms with Crippen LogP contribution in [0.25, 0.3) is 0 Å². The fourth-order valence-electron chi connectivity index (χ4n) is 4.76. The Labute approximate surface area is 178 Å². The molecule has 0 saturated carbocycles. The second kappa shape index (κ2) is 7.23. The van der Waals surface area contributed by atoms with E-state index in [4.69, 9.17) is 0 Å². The number of hydrogen-bond donors (Lipinski definition) is 1. The average molecular weight is 419 g/mol. The van der Waals surface area contributed by atoms with Crippen LogP contribution in [0.15, 0.2) is 48.5 Å². The Bertz CT molecular complexity index is 1070. The van der Waals surface area contributed by atoms with Crippen molar-refractivity contribution in [1.82, 2.24) is 9.80 Å². The number of carbonyl (C=O) groups excluding carboxylic acids is 3. The quantitative estimate of drug-likeness (QED) is 0.770. The van der Waals surface area contributed by atoms with Crippen LogP contribution in [0.1, 0.15) is 34.3 Å². The van der Waals surface area contributed by atoms with Crippen molar-refractivity contribution in [3.05, 3.63) is 65.2 Å². The molecule has 8 heteroatoms. The number of imide groups is 1. The lowest BCUT2D eigenvalue weighted by Gasteiger charge is -2.28. The van der Waals surface area contributed by atoms with E-state index in [1.807, 2.05) is 24.3 Å². The van der Waals surface area contributed by atoms with E-state index in [1.54, 1.807) is 23.1 Å². The van der Waals surface area contributed by atoms with Crippen molar-refractivity contribution >= 4 is 29.5 Å². The topological polar surface area (TPSA) is 98.2 Å². The first-order chi connectivity index (χ1) is 15.0. The Hall–Kier alpha value is -3.68. The van der Waals surface area contributed by atoms with E-state index >= 15 is 0 Å². The zero-order valence-corrected chi connectivity index (χ0v) is 16.7. The molecule has 2 atom stereocenters. The highest BCUT2D eigenvalue weighted by molar-refractivity contribution is 6.21. The number of aliphatic carboxylic acids is 1. The van der Waals surface area contributed by atoms with Gasteiger partial charge in [0.05, 0.1) is 5.69 Å². The number of carboxylic acids is 1. The van der Waals surface area contributed by atoms with Crippen LogP contribution < -0.4 is 4.90 Å². The van der Waals surface area contributed by atoms with Gasteiger partial charge in [-0.15, -0.1) is 0 Å². The summed E-state index contributed by atoms with van der Waals surface area (Å²) in [6, 6.07) is 12.3. The summed E-state index contributed by atoms with van der Waals surface area (Å²) in [5.74, 6) is -1.74. The zero-order valence-electron chi connectivity index (χ0n) is 16.7. The maximum atomic E-state index is 13.1. The van der Waals surface area contributed by atoms with Gasteiger partial charge in [0.15, 0.2) is 0 Å². The molecule has 2 aromatic carbocycles. The van der Waals surface area contributed by atoms with E-state index in [2.05, 4.69) is 0 Å². The molecule has 0 bridgehead atoms. The summed E-state index contributed by atoms with van der Waals surface area (Å²) in [6.07, 6.45) is 1.51. The van der Waals surface area contributed by atoms with Crippen molar-refractivity contribution in [3.63, 3.8) is 0 Å². The summed E-state index contributed by atoms with van der Waals surface area (Å²) in [6.45, 7) is 0.740. The number of amides is 4. The Morgan fingerprint density at radius 1 is 1.00 bits per heavy atom. The molecule has 158 valence electrons. The molecule has 0 radical (unpaired) electrons. The number of urea groups is 1. The molecule has 1 N–H and O–H groups in total. The van der Waals surface area contributed by atoms with Gasteiger partial charge >= 0.3 is 12.0 Å². The molecule has 2 aromatic rings. The van der Waals surface area contributed by atoms with Crippen molar-refractivity contribution in [2.45, 2.75) is 37.9 Å². The molecular formula is C23H21N3O5. The fraction of sp³-hybridized carbons (Fsp3) is 0.304. The minimum Gasteiger partial charge on any atom is -0.480 e. The van der Waals surface area contributed by atoms with Crippen LogP contribution in [0.3, 0.4) is 0 Å². The van der Waals surface area contributed by atoms with Gasteiger partial charge < -0.3 is 14.9 Å². The molecule has 0 aliphatic carbocycles. The van der Waals surface area contributed by atoms with E-state index in [-0.39, 0.29) is 11.5 Å². The van der Waals surface area contributed by atoms with Crippen LogP contribution in [0, 0.1) is 0 Å². The second-order valence-electron chi connectivity index (χ2n) is 8.12. The lowest BCUT2D eigenvalue weighted by Crippen LogP contribution is -2.40. The number of nitrogens with zero attached hydrogens (tertiary/aromatic N) is 3. The molecular weight excluding hydrogens is 398 g/mol. The van der Waals surface area contributed by atoms with E-state index in [0.717, 1.165) is 16.0 Å². The van der Waals surface area contributed by atoms with Crippen molar-refractivity contribution in [2.24, 2.45) is 0 Å². The summed E-state index contributed by atoms with van der Waals surface area (Å²) in [7, 11) is 0. The Morgan fingerprint density at radius 2 is 1.77 bits per heavy atom. The smallest absolute Gasteiger partial charge is 0.332 e. The predicted molar refractivity (Wildman–Crippen MR) is 110 cm³/mol. The Morgan fingerprint density at radius 3 is 2.55 bits per heavy atom. The van der Waals surface area contributed by atoms with Gasteiger partial charge in [-0.2, -0.15) is 0 Å². The van der Waals surface area contributed by atoms with Gasteiger partial charge in [0.2, 0.25) is 0 Å². The largest absolute Gasteiger partial charge is 0.480 e. The molecule has 3 heterocycles. The first-order valence-corrected chi connectivity index (χ1v) is 10.3. The number of likely N-dealkylation sites (tertiary alicyclic amines) is 1. The maximum Gasteiger partial charge on any atom is 0.332 e. The van der Waals surface area contributed by atoms with Gasteiger partial charge in [-0.3, -0.25) is 9.59 Å². The lowest BCUT2D eigenvalue weighted by molar-refractivity contribution is -0.141. The van der Waals surface area contributed by atoms with Crippen LogP contribution in [0.2, 0.25) is 0 Å². The fourth-order valence-corrected chi connectivity index (χ4v) is 4.76. The minimum absolute atomic E-state index is 0.263. The molecule has 0 spiro atoms. The van der Waals surface area contributed by atoms with E-state index in [1.165, 1.54) is 11.0 Å². The Kier molecular flexibility index (Phi) is 4.50. The van der Waals surface area contributed by atoms with Crippen molar-refractivity contribution in [2.75, 3.05) is 11.4 Å². The lowest BCUT2D eigenvalue weighted by atomic mass is 9.95. The minimum atomic E-state index is -1.02. The molecule has 8 nitrogen and oxygen atoms in total. The van der Waals surface area contributed by atoms with E-state index in [9.17, 15) is 24.3 Å². The van der Waals surface area contributed by atoms with E-state index in [0.29, 0.717) is 38.0 Å². The van der Waals surface area contributed by atoms with Crippen molar-refractivity contribution < 1.29 is 24.3 Å². The molecule has 2 saturated heterocycles. The third-order valence-electron chi connectivity index (χ3n) is 6.34. The standard InChI is InChI=1S/C23H21N3O5/c27-20(24-10-4-9-18(24)22(29)30)15-7-3-8-17(11-15)26-21(28)19-12-14-5-1-2-6-16(14)13-25(19)23(26)31/h1-3,5-8,11,18-19H,4,9-10,12-13H2,(H,29,30)/t18-,19-/m0/s1. The summed E-state index contributed by atoms with van der Waals surface area (Å²) in [5, 5.41) is 9.37. The molecule has 0 aromatic heterocycles. The zero-order chi connectivity index (χ0) is 21.7. The molecule has 0 unspecified atom stereocenters. The van der Waals surface area contributed by atoms with E-state index < -0.39 is 30.0 Å². The molecule has 4 amide bonds. The highest BCUT2D eigenvalue weighted by Crippen LogP contribution is 2.33. The number of hydrogen-bond acceptors (Lipinski definition) is 4. The highest BCUT2D eigenvalue weighted by Gasteiger charge is 2.48. The van der Waals surface area contributed by atoms with Gasteiger partial charge in [0.25, 0.3) is 11.8 Å². The second-order valence-corrected chi connectivity index (χ2v) is 8.12. The predicted octanol–water partition coefficient (Wildman–Crippen LogP) is 2.27. The third-order valence-corrected chi connectivity index (χ3v) is 6.34. The van der Waals surface area contributed by atoms with Crippen LogP contribution in [0.4, 0.5) is 10.5 Å². The number of anilines is 1. The summed E-state index contributed by atoms with van der Waals surface area (Å²) in [4.78, 5) is 54.7.